The van der Waals surface area contributed by atoms with E-state index in [1.54, 1.807) is 0 Å². The van der Waals surface area contributed by atoms with Crippen LogP contribution in [-0.2, 0) is 31.9 Å². The standard InChI is InChI=1S/C36H33NO4/c1-3-35(38)40-26-24-30-14-20-33(21-15-30)37(34-22-16-31(17-23-34)25-27-41-36(39)4-2)32-18-12-29(13-19-32)11-10-28-8-6-5-7-9-28/h3-23H,1-2,24-27H2. The van der Waals surface area contributed by atoms with Crippen molar-refractivity contribution in [2.45, 2.75) is 12.8 Å². The lowest BCUT2D eigenvalue weighted by Crippen LogP contribution is -2.10. The van der Waals surface area contributed by atoms with E-state index in [9.17, 15) is 9.59 Å². The van der Waals surface area contributed by atoms with Gasteiger partial charge in [-0.15, -0.1) is 0 Å². The molecular formula is C36H33NO4. The highest BCUT2D eigenvalue weighted by Crippen LogP contribution is 2.35. The van der Waals surface area contributed by atoms with E-state index in [4.69, 9.17) is 9.47 Å². The third-order valence-corrected chi connectivity index (χ3v) is 6.41. The van der Waals surface area contributed by atoms with Crippen LogP contribution in [0, 0.1) is 0 Å². The summed E-state index contributed by atoms with van der Waals surface area (Å²) in [6.07, 6.45) is 7.78. The molecule has 206 valence electrons. The molecule has 4 aromatic rings. The molecule has 0 atom stereocenters. The van der Waals surface area contributed by atoms with Crippen molar-refractivity contribution in [1.82, 2.24) is 0 Å². The van der Waals surface area contributed by atoms with Crippen LogP contribution in [0.2, 0.25) is 0 Å². The van der Waals surface area contributed by atoms with E-state index in [0.717, 1.165) is 39.3 Å². The van der Waals surface area contributed by atoms with Crippen molar-refractivity contribution in [2.75, 3.05) is 18.1 Å². The molecule has 0 N–H and O–H groups in total. The number of anilines is 3. The van der Waals surface area contributed by atoms with Crippen LogP contribution < -0.4 is 4.90 Å². The number of rotatable bonds is 13. The minimum Gasteiger partial charge on any atom is -0.462 e. The summed E-state index contributed by atoms with van der Waals surface area (Å²) in [6.45, 7) is 7.46. The molecule has 0 amide bonds. The van der Waals surface area contributed by atoms with Gasteiger partial charge in [0.05, 0.1) is 13.2 Å². The molecule has 0 saturated heterocycles. The first-order valence-electron chi connectivity index (χ1n) is 13.5. The number of benzene rings is 4. The van der Waals surface area contributed by atoms with E-state index < -0.39 is 11.9 Å². The lowest BCUT2D eigenvalue weighted by molar-refractivity contribution is -0.138. The molecule has 0 radical (unpaired) electrons. The SMILES string of the molecule is C=CC(=O)OCCc1ccc(N(c2ccc(C=Cc3ccccc3)cc2)c2ccc(CCOC(=O)C=C)cc2)cc1. The average Bonchev–Trinajstić information content (AvgIpc) is 3.02. The minimum atomic E-state index is -0.419. The number of carbonyl (C=O) groups is 2. The second-order valence-electron chi connectivity index (χ2n) is 9.25. The van der Waals surface area contributed by atoms with Crippen molar-refractivity contribution in [3.63, 3.8) is 0 Å². The third kappa shape index (κ3) is 8.67. The Morgan fingerprint density at radius 1 is 0.561 bits per heavy atom. The summed E-state index contributed by atoms with van der Waals surface area (Å²) in [5.74, 6) is -0.839. The fourth-order valence-electron chi connectivity index (χ4n) is 4.22. The Kier molecular flexibility index (Phi) is 10.4. The van der Waals surface area contributed by atoms with Crippen LogP contribution in [0.3, 0.4) is 0 Å². The van der Waals surface area contributed by atoms with Crippen molar-refractivity contribution >= 4 is 41.2 Å². The van der Waals surface area contributed by atoms with E-state index in [1.807, 2.05) is 42.5 Å². The van der Waals surface area contributed by atoms with E-state index in [1.165, 1.54) is 12.2 Å². The molecule has 4 aromatic carbocycles. The number of carbonyl (C=O) groups excluding carboxylic acids is 2. The summed E-state index contributed by atoms with van der Waals surface area (Å²) in [7, 11) is 0. The van der Waals surface area contributed by atoms with Crippen molar-refractivity contribution < 1.29 is 19.1 Å². The average molecular weight is 544 g/mol. The first kappa shape index (κ1) is 28.8. The zero-order chi connectivity index (χ0) is 28.9. The summed E-state index contributed by atoms with van der Waals surface area (Å²) in [5, 5.41) is 0. The Hall–Kier alpha value is -5.16. The van der Waals surface area contributed by atoms with Gasteiger partial charge < -0.3 is 14.4 Å². The third-order valence-electron chi connectivity index (χ3n) is 6.41. The van der Waals surface area contributed by atoms with Crippen LogP contribution >= 0.6 is 0 Å². The maximum atomic E-state index is 11.3. The van der Waals surface area contributed by atoms with Crippen LogP contribution in [0.4, 0.5) is 17.1 Å². The van der Waals surface area contributed by atoms with Crippen LogP contribution in [0.5, 0.6) is 0 Å². The molecule has 5 heteroatoms. The highest BCUT2D eigenvalue weighted by Gasteiger charge is 2.13. The molecule has 0 aromatic heterocycles. The smallest absolute Gasteiger partial charge is 0.330 e. The largest absolute Gasteiger partial charge is 0.462 e. The maximum Gasteiger partial charge on any atom is 0.330 e. The normalized spacial score (nSPS) is 10.6. The zero-order valence-electron chi connectivity index (χ0n) is 22.9. The fraction of sp³-hybridized carbons (Fsp3) is 0.111. The van der Waals surface area contributed by atoms with Gasteiger partial charge in [0.2, 0.25) is 0 Å². The fourth-order valence-corrected chi connectivity index (χ4v) is 4.22. The molecule has 0 aliphatic carbocycles. The van der Waals surface area contributed by atoms with Crippen molar-refractivity contribution in [1.29, 1.82) is 0 Å². The number of ether oxygens (including phenoxy) is 2. The molecule has 0 aliphatic rings. The van der Waals surface area contributed by atoms with Crippen LogP contribution in [-0.4, -0.2) is 25.2 Å². The predicted molar refractivity (Wildman–Crippen MR) is 166 cm³/mol. The Morgan fingerprint density at radius 2 is 0.951 bits per heavy atom. The van der Waals surface area contributed by atoms with Gasteiger partial charge >= 0.3 is 11.9 Å². The molecular weight excluding hydrogens is 510 g/mol. The molecule has 41 heavy (non-hydrogen) atoms. The molecule has 0 fully saturated rings. The monoisotopic (exact) mass is 543 g/mol. The Bertz CT molecular complexity index is 1400. The summed E-state index contributed by atoms with van der Waals surface area (Å²) in [5.41, 5.74) is 7.40. The zero-order valence-corrected chi connectivity index (χ0v) is 22.9. The van der Waals surface area contributed by atoms with Gasteiger partial charge in [0.15, 0.2) is 0 Å². The highest BCUT2D eigenvalue weighted by atomic mass is 16.5. The molecule has 0 heterocycles. The van der Waals surface area contributed by atoms with Gasteiger partial charge in [-0.3, -0.25) is 0 Å². The second-order valence-corrected chi connectivity index (χ2v) is 9.25. The first-order chi connectivity index (χ1) is 20.1. The number of nitrogens with zero attached hydrogens (tertiary/aromatic N) is 1. The van der Waals surface area contributed by atoms with E-state index in [2.05, 4.69) is 90.9 Å². The lowest BCUT2D eigenvalue weighted by atomic mass is 10.1. The second kappa shape index (κ2) is 14.8. The summed E-state index contributed by atoms with van der Waals surface area (Å²) >= 11 is 0. The van der Waals surface area contributed by atoms with Crippen molar-refractivity contribution in [3.8, 4) is 0 Å². The number of esters is 2. The van der Waals surface area contributed by atoms with Crippen LogP contribution in [0.1, 0.15) is 22.3 Å². The molecule has 4 rings (SSSR count). The number of hydrogen-bond donors (Lipinski definition) is 0. The molecule has 0 aliphatic heterocycles. The van der Waals surface area contributed by atoms with Gasteiger partial charge in [-0.25, -0.2) is 9.59 Å². The minimum absolute atomic E-state index is 0.301. The van der Waals surface area contributed by atoms with Crippen molar-refractivity contribution in [2.24, 2.45) is 0 Å². The predicted octanol–water partition coefficient (Wildman–Crippen LogP) is 7.87. The summed E-state index contributed by atoms with van der Waals surface area (Å²) in [4.78, 5) is 24.9. The Morgan fingerprint density at radius 3 is 1.37 bits per heavy atom. The highest BCUT2D eigenvalue weighted by molar-refractivity contribution is 5.81. The summed E-state index contributed by atoms with van der Waals surface area (Å²) < 4.78 is 10.2. The van der Waals surface area contributed by atoms with Gasteiger partial charge in [-0.1, -0.05) is 92.0 Å². The van der Waals surface area contributed by atoms with Gasteiger partial charge in [-0.2, -0.15) is 0 Å². The van der Waals surface area contributed by atoms with E-state index >= 15 is 0 Å². The van der Waals surface area contributed by atoms with E-state index in [0.29, 0.717) is 26.1 Å². The van der Waals surface area contributed by atoms with Crippen LogP contribution in [0.25, 0.3) is 12.2 Å². The molecule has 0 bridgehead atoms. The topological polar surface area (TPSA) is 55.8 Å². The van der Waals surface area contributed by atoms with E-state index in [-0.39, 0.29) is 0 Å². The first-order valence-corrected chi connectivity index (χ1v) is 13.5. The van der Waals surface area contributed by atoms with Gasteiger partial charge in [0.1, 0.15) is 0 Å². The van der Waals surface area contributed by atoms with Crippen LogP contribution in [0.15, 0.2) is 128 Å². The molecule has 0 spiro atoms. The molecule has 0 saturated carbocycles. The maximum absolute atomic E-state index is 11.3. The van der Waals surface area contributed by atoms with Gasteiger partial charge in [0, 0.05) is 42.1 Å². The van der Waals surface area contributed by atoms with Gasteiger partial charge in [0.25, 0.3) is 0 Å². The lowest BCUT2D eigenvalue weighted by Gasteiger charge is -2.26. The summed E-state index contributed by atoms with van der Waals surface area (Å²) in [6, 6.07) is 35.1. The Labute approximate surface area is 241 Å². The quantitative estimate of drug-likeness (QED) is 0.0976. The Balaban J connectivity index is 1.55. The van der Waals surface area contributed by atoms with Crippen molar-refractivity contribution in [3.05, 3.63) is 151 Å². The molecule has 0 unspecified atom stereocenters. The molecule has 5 nitrogen and oxygen atoms in total. The van der Waals surface area contributed by atoms with Gasteiger partial charge in [-0.05, 0) is 58.7 Å². The number of hydrogen-bond acceptors (Lipinski definition) is 5.